The Balaban J connectivity index is 1.99. The second-order valence-electron chi connectivity index (χ2n) is 6.85. The van der Waals surface area contributed by atoms with Crippen LogP contribution in [0.25, 0.3) is 0 Å². The molecule has 0 saturated heterocycles. The Labute approximate surface area is 171 Å². The molecule has 30 heavy (non-hydrogen) atoms. The molecule has 2 aromatic rings. The van der Waals surface area contributed by atoms with E-state index in [0.717, 1.165) is 18.2 Å². The van der Waals surface area contributed by atoms with Gasteiger partial charge in [-0.2, -0.15) is 13.2 Å². The van der Waals surface area contributed by atoms with Gasteiger partial charge in [0.1, 0.15) is 0 Å². The van der Waals surface area contributed by atoms with Gasteiger partial charge in [-0.15, -0.1) is 0 Å². The number of rotatable bonds is 7. The number of ether oxygens (including phenoxy) is 1. The number of hydrogen-bond acceptors (Lipinski definition) is 4. The molecule has 9 heteroatoms. The molecule has 2 aromatic carbocycles. The molecule has 0 radical (unpaired) electrons. The lowest BCUT2D eigenvalue weighted by Gasteiger charge is -2.13. The quantitative estimate of drug-likeness (QED) is 0.663. The molecule has 0 fully saturated rings. The molecule has 0 bridgehead atoms. The number of alkyl halides is 3. The van der Waals surface area contributed by atoms with E-state index in [0.29, 0.717) is 12.6 Å². The van der Waals surface area contributed by atoms with Crippen LogP contribution in [-0.2, 0) is 15.7 Å². The Morgan fingerprint density at radius 3 is 2.40 bits per heavy atom. The molecule has 0 aromatic heterocycles. The molecule has 0 spiro atoms. The standard InChI is InChI=1S/C21H21F3N2O4/c1-13(2)11-25-19(28)16-8-3-4-9-17(16)26-18(27)12-30-20(29)14-6-5-7-15(10-14)21(22,23)24/h3-10,13H,11-12H2,1-2H3,(H,25,28)(H,26,27). The van der Waals surface area contributed by atoms with E-state index in [2.05, 4.69) is 10.6 Å². The predicted molar refractivity (Wildman–Crippen MR) is 104 cm³/mol. The number of carbonyl (C=O) groups excluding carboxylic acids is 3. The van der Waals surface area contributed by atoms with Crippen LogP contribution in [0.3, 0.4) is 0 Å². The maximum absolute atomic E-state index is 12.7. The van der Waals surface area contributed by atoms with Gasteiger partial charge in [0.15, 0.2) is 6.61 Å². The molecule has 0 aliphatic heterocycles. The van der Waals surface area contributed by atoms with Crippen molar-refractivity contribution in [3.8, 4) is 0 Å². The first-order valence-electron chi connectivity index (χ1n) is 9.09. The summed E-state index contributed by atoms with van der Waals surface area (Å²) in [5, 5.41) is 5.20. The van der Waals surface area contributed by atoms with Gasteiger partial charge in [-0.05, 0) is 36.2 Å². The van der Waals surface area contributed by atoms with Crippen molar-refractivity contribution in [3.63, 3.8) is 0 Å². The SMILES string of the molecule is CC(C)CNC(=O)c1ccccc1NC(=O)COC(=O)c1cccc(C(F)(F)F)c1. The summed E-state index contributed by atoms with van der Waals surface area (Å²) in [5.74, 6) is -1.94. The van der Waals surface area contributed by atoms with Gasteiger partial charge in [0.2, 0.25) is 0 Å². The molecule has 2 N–H and O–H groups in total. The average Bonchev–Trinajstić information content (AvgIpc) is 2.70. The van der Waals surface area contributed by atoms with Crippen LogP contribution in [-0.4, -0.2) is 30.9 Å². The topological polar surface area (TPSA) is 84.5 Å². The van der Waals surface area contributed by atoms with Gasteiger partial charge in [0, 0.05) is 6.54 Å². The molecule has 0 heterocycles. The lowest BCUT2D eigenvalue weighted by Crippen LogP contribution is -2.29. The summed E-state index contributed by atoms with van der Waals surface area (Å²) in [6.07, 6.45) is -4.60. The van der Waals surface area contributed by atoms with Crippen LogP contribution in [0.15, 0.2) is 48.5 Å². The monoisotopic (exact) mass is 422 g/mol. The third kappa shape index (κ3) is 6.61. The van der Waals surface area contributed by atoms with Crippen molar-refractivity contribution >= 4 is 23.5 Å². The zero-order chi connectivity index (χ0) is 22.3. The zero-order valence-corrected chi connectivity index (χ0v) is 16.4. The van der Waals surface area contributed by atoms with Crippen molar-refractivity contribution < 1.29 is 32.3 Å². The normalized spacial score (nSPS) is 11.1. The van der Waals surface area contributed by atoms with Crippen LogP contribution in [0.2, 0.25) is 0 Å². The van der Waals surface area contributed by atoms with E-state index >= 15 is 0 Å². The number of anilines is 1. The highest BCUT2D eigenvalue weighted by atomic mass is 19.4. The molecule has 0 unspecified atom stereocenters. The van der Waals surface area contributed by atoms with E-state index < -0.39 is 30.2 Å². The van der Waals surface area contributed by atoms with Crippen molar-refractivity contribution in [2.75, 3.05) is 18.5 Å². The van der Waals surface area contributed by atoms with E-state index in [1.54, 1.807) is 12.1 Å². The summed E-state index contributed by atoms with van der Waals surface area (Å²) in [4.78, 5) is 36.4. The fourth-order valence-electron chi connectivity index (χ4n) is 2.41. The van der Waals surface area contributed by atoms with Gasteiger partial charge in [-0.1, -0.05) is 32.0 Å². The fourth-order valence-corrected chi connectivity index (χ4v) is 2.41. The summed E-state index contributed by atoms with van der Waals surface area (Å²) in [6, 6.07) is 9.99. The number of hydrogen-bond donors (Lipinski definition) is 2. The van der Waals surface area contributed by atoms with Crippen molar-refractivity contribution in [1.29, 1.82) is 0 Å². The van der Waals surface area contributed by atoms with Gasteiger partial charge < -0.3 is 15.4 Å². The van der Waals surface area contributed by atoms with Gasteiger partial charge in [-0.25, -0.2) is 4.79 Å². The molecular weight excluding hydrogens is 401 g/mol. The van der Waals surface area contributed by atoms with Crippen LogP contribution >= 0.6 is 0 Å². The Kier molecular flexibility index (Phi) is 7.57. The summed E-state index contributed by atoms with van der Waals surface area (Å²) in [6.45, 7) is 3.60. The molecule has 6 nitrogen and oxygen atoms in total. The Morgan fingerprint density at radius 1 is 1.03 bits per heavy atom. The molecular formula is C21H21F3N2O4. The summed E-state index contributed by atoms with van der Waals surface area (Å²) in [5.41, 5.74) is -0.872. The minimum atomic E-state index is -4.60. The molecule has 2 rings (SSSR count). The van der Waals surface area contributed by atoms with Crippen molar-refractivity contribution in [2.45, 2.75) is 20.0 Å². The van der Waals surface area contributed by atoms with E-state index in [4.69, 9.17) is 4.74 Å². The first-order valence-corrected chi connectivity index (χ1v) is 9.09. The van der Waals surface area contributed by atoms with Gasteiger partial charge in [-0.3, -0.25) is 9.59 Å². The van der Waals surface area contributed by atoms with Crippen molar-refractivity contribution in [3.05, 3.63) is 65.2 Å². The number of nitrogens with one attached hydrogen (secondary N) is 2. The van der Waals surface area contributed by atoms with E-state index in [-0.39, 0.29) is 28.6 Å². The minimum Gasteiger partial charge on any atom is -0.452 e. The zero-order valence-electron chi connectivity index (χ0n) is 16.4. The lowest BCUT2D eigenvalue weighted by molar-refractivity contribution is -0.137. The smallest absolute Gasteiger partial charge is 0.416 e. The molecule has 0 aliphatic rings. The van der Waals surface area contributed by atoms with Crippen LogP contribution in [0.1, 0.15) is 40.1 Å². The number of esters is 1. The first kappa shape index (κ1) is 22.9. The van der Waals surface area contributed by atoms with Crippen LogP contribution in [0.4, 0.5) is 18.9 Å². The average molecular weight is 422 g/mol. The summed E-state index contributed by atoms with van der Waals surface area (Å²) >= 11 is 0. The van der Waals surface area contributed by atoms with Gasteiger partial charge >= 0.3 is 12.1 Å². The maximum Gasteiger partial charge on any atom is 0.416 e. The summed E-state index contributed by atoms with van der Waals surface area (Å²) < 4.78 is 43.0. The van der Waals surface area contributed by atoms with Crippen LogP contribution in [0.5, 0.6) is 0 Å². The van der Waals surface area contributed by atoms with E-state index in [9.17, 15) is 27.6 Å². The summed E-state index contributed by atoms with van der Waals surface area (Å²) in [7, 11) is 0. The van der Waals surface area contributed by atoms with Gasteiger partial charge in [0.25, 0.3) is 11.8 Å². The largest absolute Gasteiger partial charge is 0.452 e. The van der Waals surface area contributed by atoms with Gasteiger partial charge in [0.05, 0.1) is 22.4 Å². The van der Waals surface area contributed by atoms with E-state index in [1.165, 1.54) is 12.1 Å². The molecule has 0 saturated carbocycles. The highest BCUT2D eigenvalue weighted by Crippen LogP contribution is 2.29. The lowest BCUT2D eigenvalue weighted by atomic mass is 10.1. The second-order valence-corrected chi connectivity index (χ2v) is 6.85. The molecule has 2 amide bonds. The fraction of sp³-hybridized carbons (Fsp3) is 0.286. The van der Waals surface area contributed by atoms with Crippen LogP contribution < -0.4 is 10.6 Å². The third-order valence-electron chi connectivity index (χ3n) is 3.88. The highest BCUT2D eigenvalue weighted by Gasteiger charge is 2.31. The molecule has 0 atom stereocenters. The van der Waals surface area contributed by atoms with Crippen molar-refractivity contribution in [1.82, 2.24) is 5.32 Å². The molecule has 0 aliphatic carbocycles. The number of halogens is 3. The Hall–Kier alpha value is -3.36. The maximum atomic E-state index is 12.7. The second kappa shape index (κ2) is 9.91. The Morgan fingerprint density at radius 2 is 1.73 bits per heavy atom. The number of benzene rings is 2. The Bertz CT molecular complexity index is 926. The number of carbonyl (C=O) groups is 3. The highest BCUT2D eigenvalue weighted by molar-refractivity contribution is 6.04. The van der Waals surface area contributed by atoms with Crippen LogP contribution in [0, 0.1) is 5.92 Å². The molecule has 160 valence electrons. The third-order valence-corrected chi connectivity index (χ3v) is 3.88. The predicted octanol–water partition coefficient (Wildman–Crippen LogP) is 3.89. The van der Waals surface area contributed by atoms with Crippen molar-refractivity contribution in [2.24, 2.45) is 5.92 Å². The number of para-hydroxylation sites is 1. The van der Waals surface area contributed by atoms with E-state index in [1.807, 2.05) is 13.8 Å². The number of amides is 2. The minimum absolute atomic E-state index is 0.221. The first-order chi connectivity index (χ1) is 14.1.